The van der Waals surface area contributed by atoms with Crippen molar-refractivity contribution in [3.63, 3.8) is 0 Å². The molecular weight excluding hydrogens is 130 g/mol. The molecule has 0 saturated carbocycles. The molecule has 0 aliphatic heterocycles. The number of hydrogen-bond donors (Lipinski definition) is 2. The number of anilines is 1. The number of nitrogen functional groups attached to an aromatic ring is 1. The highest BCUT2D eigenvalue weighted by molar-refractivity contribution is 5.28. The molecule has 1 atom stereocenters. The number of nitrogens with two attached hydrogens (primary N) is 1. The number of nitrogens with zero attached hydrogens (tertiary/aromatic N) is 2. The monoisotopic (exact) mass is 141 g/mol. The fourth-order valence-corrected chi connectivity index (χ4v) is 0.891. The van der Waals surface area contributed by atoms with Gasteiger partial charge in [-0.05, 0) is 13.8 Å². The molecule has 1 heterocycles. The zero-order chi connectivity index (χ0) is 7.72. The first-order valence-electron chi connectivity index (χ1n) is 3.11. The van der Waals surface area contributed by atoms with Crippen molar-refractivity contribution in [2.75, 3.05) is 5.73 Å². The summed E-state index contributed by atoms with van der Waals surface area (Å²) in [5.74, 6) is 0.443. The number of aliphatic hydroxyl groups is 1. The Morgan fingerprint density at radius 1 is 1.80 bits per heavy atom. The number of hydrogen-bond acceptors (Lipinski definition) is 3. The average molecular weight is 141 g/mol. The Morgan fingerprint density at radius 2 is 2.40 bits per heavy atom. The number of aromatic nitrogens is 2. The summed E-state index contributed by atoms with van der Waals surface area (Å²) in [4.78, 5) is 0. The van der Waals surface area contributed by atoms with E-state index in [0.717, 1.165) is 5.69 Å². The van der Waals surface area contributed by atoms with E-state index in [0.29, 0.717) is 5.82 Å². The first kappa shape index (κ1) is 7.08. The zero-order valence-electron chi connectivity index (χ0n) is 6.07. The molecule has 0 bridgehead atoms. The molecule has 0 saturated heterocycles. The third kappa shape index (κ3) is 1.11. The highest BCUT2D eigenvalue weighted by Gasteiger charge is 2.04. The minimum atomic E-state index is -0.600. The second-order valence-electron chi connectivity index (χ2n) is 2.29. The van der Waals surface area contributed by atoms with Gasteiger partial charge in [0.2, 0.25) is 0 Å². The molecule has 1 aromatic heterocycles. The van der Waals surface area contributed by atoms with Gasteiger partial charge in [0, 0.05) is 11.8 Å². The summed E-state index contributed by atoms with van der Waals surface area (Å²) < 4.78 is 1.47. The summed E-state index contributed by atoms with van der Waals surface area (Å²) in [7, 11) is 0. The maximum Gasteiger partial charge on any atom is 0.145 e. The summed E-state index contributed by atoms with van der Waals surface area (Å²) in [5.41, 5.74) is 6.24. The van der Waals surface area contributed by atoms with Crippen LogP contribution in [-0.4, -0.2) is 14.9 Å². The number of aryl methyl sites for hydroxylation is 1. The maximum atomic E-state index is 9.06. The van der Waals surface area contributed by atoms with Gasteiger partial charge in [0.1, 0.15) is 12.0 Å². The zero-order valence-corrected chi connectivity index (χ0v) is 6.07. The Labute approximate surface area is 59.3 Å². The number of rotatable bonds is 1. The first-order valence-corrected chi connectivity index (χ1v) is 3.11. The van der Waals surface area contributed by atoms with Crippen LogP contribution >= 0.6 is 0 Å². The molecule has 4 nitrogen and oxygen atoms in total. The van der Waals surface area contributed by atoms with Crippen molar-refractivity contribution in [3.8, 4) is 0 Å². The molecule has 1 aromatic rings. The molecule has 4 heteroatoms. The molecule has 0 spiro atoms. The summed E-state index contributed by atoms with van der Waals surface area (Å²) >= 11 is 0. The van der Waals surface area contributed by atoms with Gasteiger partial charge >= 0.3 is 0 Å². The molecule has 0 radical (unpaired) electrons. The van der Waals surface area contributed by atoms with Gasteiger partial charge < -0.3 is 10.8 Å². The average Bonchev–Trinajstić information content (AvgIpc) is 2.10. The van der Waals surface area contributed by atoms with Crippen LogP contribution in [0.3, 0.4) is 0 Å². The lowest BCUT2D eigenvalue weighted by Crippen LogP contribution is -2.07. The van der Waals surface area contributed by atoms with Crippen LogP contribution in [0, 0.1) is 6.92 Å². The number of aliphatic hydroxyl groups excluding tert-OH is 1. The summed E-state index contributed by atoms with van der Waals surface area (Å²) in [6.45, 7) is 3.48. The highest BCUT2D eigenvalue weighted by atomic mass is 16.3. The van der Waals surface area contributed by atoms with E-state index in [2.05, 4.69) is 5.10 Å². The van der Waals surface area contributed by atoms with Crippen LogP contribution < -0.4 is 5.73 Å². The van der Waals surface area contributed by atoms with Crippen molar-refractivity contribution in [1.29, 1.82) is 0 Å². The van der Waals surface area contributed by atoms with Crippen LogP contribution in [0.15, 0.2) is 6.07 Å². The van der Waals surface area contributed by atoms with Crippen LogP contribution in [0.2, 0.25) is 0 Å². The molecule has 1 unspecified atom stereocenters. The van der Waals surface area contributed by atoms with Gasteiger partial charge in [-0.1, -0.05) is 0 Å². The van der Waals surface area contributed by atoms with Crippen molar-refractivity contribution in [2.45, 2.75) is 20.1 Å². The molecule has 0 aliphatic rings. The van der Waals surface area contributed by atoms with Crippen molar-refractivity contribution < 1.29 is 5.11 Å². The predicted octanol–water partition coefficient (Wildman–Crippen LogP) is 0.285. The van der Waals surface area contributed by atoms with Gasteiger partial charge in [-0.2, -0.15) is 5.10 Å². The van der Waals surface area contributed by atoms with Gasteiger partial charge in [-0.3, -0.25) is 0 Å². The Bertz CT molecular complexity index is 229. The molecule has 0 aromatic carbocycles. The predicted molar refractivity (Wildman–Crippen MR) is 38.3 cm³/mol. The fourth-order valence-electron chi connectivity index (χ4n) is 0.891. The Kier molecular flexibility index (Phi) is 1.63. The SMILES string of the molecule is Cc1cc(N)nn1C(C)O. The van der Waals surface area contributed by atoms with E-state index < -0.39 is 6.23 Å². The van der Waals surface area contributed by atoms with Gasteiger partial charge in [0.25, 0.3) is 0 Å². The molecule has 56 valence electrons. The van der Waals surface area contributed by atoms with Crippen LogP contribution in [0.5, 0.6) is 0 Å². The molecule has 0 fully saturated rings. The third-order valence-electron chi connectivity index (χ3n) is 1.30. The minimum Gasteiger partial charge on any atom is -0.382 e. The van der Waals surface area contributed by atoms with Crippen LogP contribution in [0.1, 0.15) is 18.8 Å². The molecular formula is C6H11N3O. The van der Waals surface area contributed by atoms with Crippen molar-refractivity contribution in [2.24, 2.45) is 0 Å². The Hall–Kier alpha value is -1.03. The van der Waals surface area contributed by atoms with Gasteiger partial charge in [0.05, 0.1) is 0 Å². The lowest BCUT2D eigenvalue weighted by atomic mass is 10.4. The van der Waals surface area contributed by atoms with E-state index >= 15 is 0 Å². The molecule has 3 N–H and O–H groups in total. The van der Waals surface area contributed by atoms with E-state index in [4.69, 9.17) is 10.8 Å². The van der Waals surface area contributed by atoms with E-state index in [1.807, 2.05) is 6.92 Å². The van der Waals surface area contributed by atoms with Crippen molar-refractivity contribution in [3.05, 3.63) is 11.8 Å². The van der Waals surface area contributed by atoms with Crippen LogP contribution in [0.4, 0.5) is 5.82 Å². The fraction of sp³-hybridized carbons (Fsp3) is 0.500. The normalized spacial score (nSPS) is 13.5. The standard InChI is InChI=1S/C6H11N3O/c1-4-3-6(7)8-9(4)5(2)10/h3,5,10H,1-2H3,(H2,7,8). The van der Waals surface area contributed by atoms with Gasteiger partial charge in [-0.15, -0.1) is 0 Å². The Morgan fingerprint density at radius 3 is 2.60 bits per heavy atom. The highest BCUT2D eigenvalue weighted by Crippen LogP contribution is 2.08. The second kappa shape index (κ2) is 2.30. The summed E-state index contributed by atoms with van der Waals surface area (Å²) in [6, 6.07) is 1.72. The van der Waals surface area contributed by atoms with Crippen LogP contribution in [0.25, 0.3) is 0 Å². The molecule has 0 aliphatic carbocycles. The summed E-state index contributed by atoms with van der Waals surface area (Å²) in [5, 5.41) is 12.9. The second-order valence-corrected chi connectivity index (χ2v) is 2.29. The lowest BCUT2D eigenvalue weighted by Gasteiger charge is -2.05. The van der Waals surface area contributed by atoms with Gasteiger partial charge in [0.15, 0.2) is 0 Å². The van der Waals surface area contributed by atoms with E-state index in [9.17, 15) is 0 Å². The lowest BCUT2D eigenvalue weighted by molar-refractivity contribution is 0.109. The maximum absolute atomic E-state index is 9.06. The molecule has 0 amide bonds. The smallest absolute Gasteiger partial charge is 0.145 e. The largest absolute Gasteiger partial charge is 0.382 e. The van der Waals surface area contributed by atoms with E-state index in [1.54, 1.807) is 13.0 Å². The van der Waals surface area contributed by atoms with Crippen molar-refractivity contribution >= 4 is 5.82 Å². The minimum absolute atomic E-state index is 0.443. The third-order valence-corrected chi connectivity index (χ3v) is 1.30. The van der Waals surface area contributed by atoms with Crippen molar-refractivity contribution in [1.82, 2.24) is 9.78 Å². The molecule has 1 rings (SSSR count). The van der Waals surface area contributed by atoms with Gasteiger partial charge in [-0.25, -0.2) is 4.68 Å². The van der Waals surface area contributed by atoms with E-state index in [1.165, 1.54) is 4.68 Å². The Balaban J connectivity index is 3.03. The quantitative estimate of drug-likeness (QED) is 0.590. The van der Waals surface area contributed by atoms with Crippen LogP contribution in [-0.2, 0) is 0 Å². The van der Waals surface area contributed by atoms with E-state index in [-0.39, 0.29) is 0 Å². The topological polar surface area (TPSA) is 64.1 Å². The molecule has 10 heavy (non-hydrogen) atoms. The summed E-state index contributed by atoms with van der Waals surface area (Å²) in [6.07, 6.45) is -0.600. The first-order chi connectivity index (χ1) is 4.61.